The molecular weight excluding hydrogens is 460 g/mol. The fraction of sp³-hybridized carbons (Fsp3) is 0.286. The Labute approximate surface area is 187 Å². The molecule has 0 aliphatic heterocycles. The van der Waals surface area contributed by atoms with E-state index in [-0.39, 0.29) is 24.1 Å². The van der Waals surface area contributed by atoms with Gasteiger partial charge in [0.1, 0.15) is 5.75 Å². The minimum absolute atomic E-state index is 0.0199. The number of alkyl halides is 2. The van der Waals surface area contributed by atoms with Gasteiger partial charge in [0.05, 0.1) is 17.2 Å². The Kier molecular flexibility index (Phi) is 6.79. The van der Waals surface area contributed by atoms with Crippen molar-refractivity contribution >= 4 is 26.6 Å². The third-order valence-corrected chi connectivity index (χ3v) is 7.49. The van der Waals surface area contributed by atoms with Crippen molar-refractivity contribution in [3.8, 4) is 16.9 Å². The first kappa shape index (κ1) is 24.3. The third-order valence-electron chi connectivity index (χ3n) is 5.47. The molecule has 0 aliphatic rings. The molecule has 0 aliphatic carbocycles. The van der Waals surface area contributed by atoms with Crippen molar-refractivity contribution in [3.63, 3.8) is 0 Å². The van der Waals surface area contributed by atoms with Gasteiger partial charge in [-0.05, 0) is 48.7 Å². The van der Waals surface area contributed by atoms with E-state index in [4.69, 9.17) is 5.21 Å². The molecule has 1 aromatic heterocycles. The number of amides is 1. The summed E-state index contributed by atoms with van der Waals surface area (Å²) in [6.45, 7) is -1.89. The minimum Gasteiger partial charge on any atom is -0.435 e. The van der Waals surface area contributed by atoms with Gasteiger partial charge < -0.3 is 4.74 Å². The van der Waals surface area contributed by atoms with E-state index in [1.165, 1.54) is 28.5 Å². The highest BCUT2D eigenvalue weighted by Crippen LogP contribution is 2.26. The van der Waals surface area contributed by atoms with Crippen LogP contribution in [0.3, 0.4) is 0 Å². The number of rotatable bonds is 8. The number of aromatic nitrogens is 2. The maximum Gasteiger partial charge on any atom is 0.387 e. The largest absolute Gasteiger partial charge is 0.435 e. The molecule has 12 heteroatoms. The molecule has 0 bridgehead atoms. The Hall–Kier alpha value is -3.38. The average Bonchev–Trinajstić information content (AvgIpc) is 2.77. The van der Waals surface area contributed by atoms with Crippen LogP contribution in [0.15, 0.2) is 53.6 Å². The summed E-state index contributed by atoms with van der Waals surface area (Å²) in [6, 6.07) is 10.9. The van der Waals surface area contributed by atoms with Gasteiger partial charge in [-0.2, -0.15) is 8.78 Å². The van der Waals surface area contributed by atoms with Crippen LogP contribution in [0.1, 0.15) is 13.3 Å². The first-order valence-electron chi connectivity index (χ1n) is 9.65. The van der Waals surface area contributed by atoms with Crippen molar-refractivity contribution in [2.75, 3.05) is 6.26 Å². The molecule has 0 fully saturated rings. The summed E-state index contributed by atoms with van der Waals surface area (Å²) in [5.74, 6) is -1.08. The molecular formula is C21H21F2N3O6S. The van der Waals surface area contributed by atoms with Crippen LogP contribution in [0.4, 0.5) is 8.78 Å². The van der Waals surface area contributed by atoms with E-state index in [2.05, 4.69) is 9.72 Å². The van der Waals surface area contributed by atoms with Crippen LogP contribution in [0.5, 0.6) is 5.75 Å². The van der Waals surface area contributed by atoms with E-state index in [9.17, 15) is 26.8 Å². The van der Waals surface area contributed by atoms with E-state index in [1.807, 2.05) is 0 Å². The second-order valence-corrected chi connectivity index (χ2v) is 10.0. The summed E-state index contributed by atoms with van der Waals surface area (Å²) in [7, 11) is -3.91. The number of nitrogens with one attached hydrogen (secondary N) is 1. The Morgan fingerprint density at radius 3 is 2.42 bits per heavy atom. The van der Waals surface area contributed by atoms with Crippen LogP contribution in [0, 0.1) is 0 Å². The van der Waals surface area contributed by atoms with Crippen molar-refractivity contribution in [2.24, 2.45) is 0 Å². The zero-order valence-electron chi connectivity index (χ0n) is 17.7. The lowest BCUT2D eigenvalue weighted by Crippen LogP contribution is -2.50. The fourth-order valence-corrected chi connectivity index (χ4v) is 4.09. The molecule has 0 radical (unpaired) electrons. The maximum atomic E-state index is 12.9. The van der Waals surface area contributed by atoms with Gasteiger partial charge in [-0.3, -0.25) is 19.4 Å². The number of nitrogens with zero attached hydrogens (tertiary/aromatic N) is 2. The summed E-state index contributed by atoms with van der Waals surface area (Å²) in [4.78, 5) is 29.1. The topological polar surface area (TPSA) is 128 Å². The average molecular weight is 481 g/mol. The van der Waals surface area contributed by atoms with Crippen molar-refractivity contribution in [1.29, 1.82) is 0 Å². The van der Waals surface area contributed by atoms with Gasteiger partial charge in [-0.25, -0.2) is 18.9 Å². The lowest BCUT2D eigenvalue weighted by molar-refractivity contribution is -0.131. The minimum atomic E-state index is -3.91. The van der Waals surface area contributed by atoms with Crippen LogP contribution >= 0.6 is 0 Å². The van der Waals surface area contributed by atoms with Crippen molar-refractivity contribution in [1.82, 2.24) is 15.0 Å². The highest BCUT2D eigenvalue weighted by Gasteiger charge is 2.43. The highest BCUT2D eigenvalue weighted by atomic mass is 32.2. The molecule has 176 valence electrons. The quantitative estimate of drug-likeness (QED) is 0.373. The zero-order chi connectivity index (χ0) is 24.4. The lowest BCUT2D eigenvalue weighted by Gasteiger charge is -2.25. The molecule has 2 N–H and O–H groups in total. The smallest absolute Gasteiger partial charge is 0.387 e. The Morgan fingerprint density at radius 1 is 1.21 bits per heavy atom. The van der Waals surface area contributed by atoms with Crippen LogP contribution in [-0.2, 0) is 21.2 Å². The molecule has 0 saturated heterocycles. The third kappa shape index (κ3) is 5.01. The van der Waals surface area contributed by atoms with Gasteiger partial charge in [0, 0.05) is 12.8 Å². The van der Waals surface area contributed by atoms with Gasteiger partial charge in [-0.1, -0.05) is 18.2 Å². The van der Waals surface area contributed by atoms with Crippen LogP contribution in [0.2, 0.25) is 0 Å². The van der Waals surface area contributed by atoms with Crippen molar-refractivity contribution in [2.45, 2.75) is 31.2 Å². The molecule has 0 spiro atoms. The van der Waals surface area contributed by atoms with Crippen LogP contribution in [0.25, 0.3) is 22.0 Å². The molecule has 0 saturated carbocycles. The number of ether oxygens (including phenoxy) is 1. The van der Waals surface area contributed by atoms with E-state index in [0.29, 0.717) is 16.6 Å². The molecule has 1 atom stereocenters. The number of hydrogen-bond donors (Lipinski definition) is 2. The lowest BCUT2D eigenvalue weighted by atomic mass is 10.0. The number of hydrogen-bond acceptors (Lipinski definition) is 7. The summed E-state index contributed by atoms with van der Waals surface area (Å²) >= 11 is 0. The predicted octanol–water partition coefficient (Wildman–Crippen LogP) is 2.36. The van der Waals surface area contributed by atoms with Gasteiger partial charge in [0.15, 0.2) is 14.6 Å². The Bertz CT molecular complexity index is 1340. The first-order valence-corrected chi connectivity index (χ1v) is 11.5. The van der Waals surface area contributed by atoms with Gasteiger partial charge >= 0.3 is 6.61 Å². The van der Waals surface area contributed by atoms with Gasteiger partial charge in [-0.15, -0.1) is 0 Å². The second kappa shape index (κ2) is 9.24. The van der Waals surface area contributed by atoms with E-state index in [0.717, 1.165) is 13.2 Å². The molecule has 3 rings (SSSR count). The van der Waals surface area contributed by atoms with Crippen LogP contribution < -0.4 is 15.8 Å². The number of carbonyl (C=O) groups is 1. The van der Waals surface area contributed by atoms with Gasteiger partial charge in [0.25, 0.3) is 11.5 Å². The van der Waals surface area contributed by atoms with Crippen molar-refractivity contribution in [3.05, 3.63) is 59.1 Å². The maximum absolute atomic E-state index is 12.9. The normalized spacial score (nSPS) is 13.6. The first-order chi connectivity index (χ1) is 15.5. The summed E-state index contributed by atoms with van der Waals surface area (Å²) in [5, 5.41) is 9.19. The fourth-order valence-electron chi connectivity index (χ4n) is 3.25. The number of sulfone groups is 1. The molecule has 1 heterocycles. The zero-order valence-corrected chi connectivity index (χ0v) is 18.5. The monoisotopic (exact) mass is 481 g/mol. The van der Waals surface area contributed by atoms with Crippen LogP contribution in [-0.4, -0.2) is 46.7 Å². The summed E-state index contributed by atoms with van der Waals surface area (Å²) in [5.41, 5.74) is 2.69. The summed E-state index contributed by atoms with van der Waals surface area (Å²) in [6.07, 6.45) is 1.85. The number of benzene rings is 2. The molecule has 33 heavy (non-hydrogen) atoms. The second-order valence-electron chi connectivity index (χ2n) is 7.57. The Balaban J connectivity index is 1.88. The molecule has 3 aromatic rings. The van der Waals surface area contributed by atoms with Crippen molar-refractivity contribution < 1.29 is 31.9 Å². The molecule has 0 unspecified atom stereocenters. The van der Waals surface area contributed by atoms with E-state index < -0.39 is 32.7 Å². The standard InChI is InChI=1S/C21H21F2N3O6S/c1-21(19(28)25-29,33(2,30)31)9-10-26-12-24-17-11-14(5-8-16(17)18(26)27)13-3-6-15(7-4-13)32-20(22)23/h3-8,11-12,20,29H,9-10H2,1-2H3,(H,25,28)/t21-/m0/s1. The number of aryl methyl sites for hydroxylation is 1. The highest BCUT2D eigenvalue weighted by molar-refractivity contribution is 7.92. The SMILES string of the molecule is C[C@](CCn1cnc2cc(-c3ccc(OC(F)F)cc3)ccc2c1=O)(C(=O)NO)S(C)(=O)=O. The number of carbonyl (C=O) groups excluding carboxylic acids is 1. The van der Waals surface area contributed by atoms with E-state index >= 15 is 0 Å². The number of fused-ring (bicyclic) bond motifs is 1. The number of hydroxylamine groups is 1. The molecule has 1 amide bonds. The Morgan fingerprint density at radius 2 is 1.85 bits per heavy atom. The summed E-state index contributed by atoms with van der Waals surface area (Å²) < 4.78 is 52.4. The van der Waals surface area contributed by atoms with Gasteiger partial charge in [0.2, 0.25) is 0 Å². The van der Waals surface area contributed by atoms with E-state index in [1.54, 1.807) is 30.3 Å². The predicted molar refractivity (Wildman–Crippen MR) is 116 cm³/mol. The number of halogens is 2. The molecule has 2 aromatic carbocycles. The molecule has 9 nitrogen and oxygen atoms in total.